The maximum absolute atomic E-state index is 12.2. The molecule has 3 radical (unpaired) electrons. The predicted molar refractivity (Wildman–Crippen MR) is 581 cm³/mol. The number of pyridine rings is 3. The molecule has 3 heterocycles. The first-order valence-electron chi connectivity index (χ1n) is 50.4. The third-order valence-electron chi connectivity index (χ3n) is 29.4. The first-order valence-corrected chi connectivity index (χ1v) is 50.4. The fraction of sp³-hybridized carbons (Fsp3) is 0.433. The minimum Gasteiger partial charge on any atom is -0.512 e. The van der Waals surface area contributed by atoms with E-state index >= 15 is 0 Å². The summed E-state index contributed by atoms with van der Waals surface area (Å²) in [5.41, 5.74) is 29.4. The van der Waals surface area contributed by atoms with Crippen LogP contribution in [-0.2, 0) is 99.4 Å². The van der Waals surface area contributed by atoms with Crippen LogP contribution in [0, 0.1) is 110 Å². The number of aromatic nitrogens is 3. The molecule has 13 rings (SSSR count). The van der Waals surface area contributed by atoms with Crippen LogP contribution in [0.15, 0.2) is 224 Å². The van der Waals surface area contributed by atoms with Crippen LogP contribution in [0.5, 0.6) is 0 Å². The van der Waals surface area contributed by atoms with E-state index in [2.05, 4.69) is 303 Å². The van der Waals surface area contributed by atoms with Crippen LogP contribution < -0.4 is 0 Å². The van der Waals surface area contributed by atoms with Gasteiger partial charge in [0.25, 0.3) is 0 Å². The molecule has 0 spiro atoms. The van der Waals surface area contributed by atoms with E-state index < -0.39 is 0 Å². The second kappa shape index (κ2) is 52.7. The summed E-state index contributed by atoms with van der Waals surface area (Å²) in [6.45, 7) is 66.9. The molecular formula is C127H162Ir3N3O6-3. The maximum atomic E-state index is 12.2. The van der Waals surface area contributed by atoms with Crippen molar-refractivity contribution in [1.29, 1.82) is 0 Å². The molecule has 12 aromatic rings. The first kappa shape index (κ1) is 120. The predicted octanol–water partition coefficient (Wildman–Crippen LogP) is 35.4. The molecular weight excluding hydrogens is 2240 g/mol. The molecule has 9 aromatic carbocycles. The smallest absolute Gasteiger partial charge is 0.164 e. The summed E-state index contributed by atoms with van der Waals surface area (Å²) in [5, 5.41) is 33.9. The minimum atomic E-state index is -0.377. The summed E-state index contributed by atoms with van der Waals surface area (Å²) in [6, 6.07) is 78.4. The number of aliphatic hydroxyl groups is 3. The number of nitrogens with zero attached hydrogens (tertiary/aromatic N) is 3. The Morgan fingerprint density at radius 1 is 0.324 bits per heavy atom. The molecule has 1 aliphatic carbocycles. The molecule has 3 aromatic heterocycles. The van der Waals surface area contributed by atoms with Crippen LogP contribution in [0.25, 0.3) is 99.9 Å². The number of hydrogen-bond acceptors (Lipinski definition) is 9. The van der Waals surface area contributed by atoms with Gasteiger partial charge in [-0.15, -0.1) is 105 Å². The summed E-state index contributed by atoms with van der Waals surface area (Å²) in [6.07, 6.45) is 15.6. The number of benzene rings is 9. The Morgan fingerprint density at radius 3 is 0.950 bits per heavy atom. The zero-order chi connectivity index (χ0) is 101. The van der Waals surface area contributed by atoms with E-state index in [0.29, 0.717) is 17.8 Å². The van der Waals surface area contributed by atoms with Gasteiger partial charge in [-0.2, -0.15) is 0 Å². The van der Waals surface area contributed by atoms with Gasteiger partial charge in [0.05, 0.1) is 16.6 Å². The Hall–Kier alpha value is -9.21. The molecule has 0 fully saturated rings. The van der Waals surface area contributed by atoms with Gasteiger partial charge in [-0.1, -0.05) is 337 Å². The third-order valence-corrected chi connectivity index (χ3v) is 29.4. The number of aliphatic hydroxyl groups excluding tert-OH is 3. The Kier molecular flexibility index (Phi) is 45.6. The molecule has 0 amide bonds. The van der Waals surface area contributed by atoms with E-state index in [9.17, 15) is 29.7 Å². The average Bonchev–Trinajstić information content (AvgIpc) is 1.57. The number of carbonyl (C=O) groups excluding carboxylic acids is 3. The molecule has 12 heteroatoms. The summed E-state index contributed by atoms with van der Waals surface area (Å²) in [4.78, 5) is 51.4. The molecule has 0 atom stereocenters. The van der Waals surface area contributed by atoms with Gasteiger partial charge in [-0.05, 0) is 216 Å². The topological polar surface area (TPSA) is 151 Å². The zero-order valence-electron chi connectivity index (χ0n) is 90.0. The van der Waals surface area contributed by atoms with E-state index in [0.717, 1.165) is 150 Å². The monoisotopic (exact) mass is 2400 g/mol. The van der Waals surface area contributed by atoms with Gasteiger partial charge in [0.15, 0.2) is 17.3 Å². The number of fused-ring (bicyclic) bond motifs is 6. The van der Waals surface area contributed by atoms with Crippen molar-refractivity contribution in [3.05, 3.63) is 303 Å². The molecule has 0 bridgehead atoms. The average molecular weight is 2400 g/mol. The molecule has 139 heavy (non-hydrogen) atoms. The van der Waals surface area contributed by atoms with Gasteiger partial charge in [-0.3, -0.25) is 29.3 Å². The van der Waals surface area contributed by atoms with Gasteiger partial charge >= 0.3 is 0 Å². The van der Waals surface area contributed by atoms with Crippen molar-refractivity contribution in [2.75, 3.05) is 0 Å². The van der Waals surface area contributed by atoms with Crippen molar-refractivity contribution < 1.29 is 90.0 Å². The zero-order valence-corrected chi connectivity index (χ0v) is 97.1. The quantitative estimate of drug-likeness (QED) is 0.0227. The number of carbonyl (C=O) groups is 3. The number of aryl methyl sites for hydroxylation is 6. The largest absolute Gasteiger partial charge is 0.512 e. The van der Waals surface area contributed by atoms with Crippen molar-refractivity contribution in [2.45, 2.75) is 310 Å². The number of ketones is 3. The van der Waals surface area contributed by atoms with Crippen LogP contribution in [-0.4, -0.2) is 47.6 Å². The van der Waals surface area contributed by atoms with Crippen LogP contribution in [0.2, 0.25) is 0 Å². The second-order valence-electron chi connectivity index (χ2n) is 42.6. The number of rotatable bonds is 30. The Balaban J connectivity index is 0.000000300. The molecule has 3 N–H and O–H groups in total. The molecule has 0 aliphatic heterocycles. The van der Waals surface area contributed by atoms with Gasteiger partial charge in [0, 0.05) is 133 Å². The van der Waals surface area contributed by atoms with Crippen LogP contribution in [0.1, 0.15) is 305 Å². The van der Waals surface area contributed by atoms with Crippen LogP contribution in [0.3, 0.4) is 0 Å². The fourth-order valence-corrected chi connectivity index (χ4v) is 17.3. The first-order chi connectivity index (χ1) is 64.0. The normalized spacial score (nSPS) is 12.6. The SMILES string of the molecule is CCC(C)(C)C(=O)C=C(O)C(C)(C)CC.CCC(C)(CC)C(=O)C=C(O)C(C)(CC)CC.CCC(C)(CC)C(=O)C=C(O)C(C)(CC)CC.Cc1[c-]c(-c2cc(CC(C)C)c3cc(-c4ccccc4)ccc3n2)cc(C)c1.Cc1[c-]c(-c2cc(CC(C)C)c3cc(-c4ccccc4)ccc3n2)cc(C)c1.Cc1[c-]c(-c2cc(CC(C)C)c3cc4c(cc3n2)C(C)(C)c2ccccc2-4)cc(C)c1.[Ir].[Ir].[Ir]. The van der Waals surface area contributed by atoms with Gasteiger partial charge in [0.2, 0.25) is 0 Å². The van der Waals surface area contributed by atoms with Gasteiger partial charge < -0.3 is 15.3 Å². The van der Waals surface area contributed by atoms with Crippen molar-refractivity contribution in [1.82, 2.24) is 15.0 Å². The Bertz CT molecular complexity index is 5900. The van der Waals surface area contributed by atoms with Crippen molar-refractivity contribution in [3.8, 4) is 67.2 Å². The summed E-state index contributed by atoms with van der Waals surface area (Å²) in [7, 11) is 0. The van der Waals surface area contributed by atoms with E-state index in [-0.39, 0.29) is 133 Å². The molecule has 9 nitrogen and oxygen atoms in total. The molecule has 1 aliphatic rings. The fourth-order valence-electron chi connectivity index (χ4n) is 17.3. The van der Waals surface area contributed by atoms with Crippen molar-refractivity contribution >= 4 is 50.1 Å². The number of hydrogen-bond donors (Lipinski definition) is 3. The second-order valence-corrected chi connectivity index (χ2v) is 42.6. The molecule has 0 unspecified atom stereocenters. The van der Waals surface area contributed by atoms with Gasteiger partial charge in [-0.25, -0.2) is 0 Å². The maximum Gasteiger partial charge on any atom is 0.164 e. The summed E-state index contributed by atoms with van der Waals surface area (Å²) in [5.74, 6) is 2.52. The van der Waals surface area contributed by atoms with E-state index in [1.54, 1.807) is 0 Å². The van der Waals surface area contributed by atoms with E-state index in [1.807, 2.05) is 125 Å². The van der Waals surface area contributed by atoms with E-state index in [1.165, 1.54) is 112 Å². The number of allylic oxidation sites excluding steroid dienone is 6. The summed E-state index contributed by atoms with van der Waals surface area (Å²) < 4.78 is 0. The van der Waals surface area contributed by atoms with Crippen LogP contribution >= 0.6 is 0 Å². The van der Waals surface area contributed by atoms with Gasteiger partial charge in [0.1, 0.15) is 17.3 Å². The van der Waals surface area contributed by atoms with Crippen molar-refractivity contribution in [3.63, 3.8) is 0 Å². The molecule has 0 saturated heterocycles. The molecule has 0 saturated carbocycles. The summed E-state index contributed by atoms with van der Waals surface area (Å²) >= 11 is 0. The third kappa shape index (κ3) is 31.2. The standard InChI is InChI=1S/C30H30N.2C27H26N.2C15H28O2.C13H24O2.3Ir/c1-18(2)11-21-15-28(22-13-19(3)12-20(4)14-22)31-29-17-27-25(16-24(21)29)23-9-7-8-10-26(23)30(27,5)6;2*1-18(2)12-23-17-27(24-14-19(3)13-20(4)15-24)28-26-11-10-22(16-25(23)26)21-8-6-5-7-9-21;2*1-7-14(5,8-2)12(16)11-13(17)15(6,9-3)10-4;1-7-12(3,4)10(14)9-11(15)13(5,6)8-2;;;/h7-10,12-13,15-18H,11H2,1-6H3;2*5-11,13-14,16-18H,12H2,1-4H3;2*11,16H,7-10H2,1-6H3;9,14H,7-8H2,1-6H3;;;/q3*-1;;;;;;. The molecule has 751 valence electrons. The van der Waals surface area contributed by atoms with Crippen LogP contribution in [0.4, 0.5) is 0 Å². The van der Waals surface area contributed by atoms with Crippen molar-refractivity contribution in [2.24, 2.45) is 50.2 Å². The Labute approximate surface area is 878 Å². The Morgan fingerprint density at radius 2 is 0.633 bits per heavy atom. The minimum absolute atomic E-state index is 0. The van der Waals surface area contributed by atoms with E-state index in [4.69, 9.17) is 15.0 Å².